The third-order valence-electron chi connectivity index (χ3n) is 2.64. The van der Waals surface area contributed by atoms with E-state index in [9.17, 15) is 0 Å². The number of ether oxygens (including phenoxy) is 1. The molecule has 0 radical (unpaired) electrons. The van der Waals surface area contributed by atoms with Crippen LogP contribution in [0.1, 0.15) is 12.8 Å². The van der Waals surface area contributed by atoms with Gasteiger partial charge in [-0.15, -0.1) is 0 Å². The molecule has 0 aliphatic carbocycles. The quantitative estimate of drug-likeness (QED) is 0.917. The van der Waals surface area contributed by atoms with Crippen molar-refractivity contribution in [3.8, 4) is 0 Å². The number of anilines is 1. The third-order valence-corrected chi connectivity index (χ3v) is 3.07. The number of hydrogen-bond donors (Lipinski definition) is 1. The smallest absolute Gasteiger partial charge is 0.0538 e. The van der Waals surface area contributed by atoms with Crippen LogP contribution in [0.2, 0.25) is 0 Å². The van der Waals surface area contributed by atoms with Crippen molar-refractivity contribution in [2.75, 3.05) is 25.1 Å². The zero-order valence-electron chi connectivity index (χ0n) is 8.58. The molecule has 3 nitrogen and oxygen atoms in total. The summed E-state index contributed by atoms with van der Waals surface area (Å²) in [5.41, 5.74) is 1.08. The first-order valence-electron chi connectivity index (χ1n) is 5.27. The van der Waals surface area contributed by atoms with Gasteiger partial charge in [0, 0.05) is 30.4 Å². The van der Waals surface area contributed by atoms with E-state index in [-0.39, 0.29) is 0 Å². The molecule has 4 heteroatoms. The van der Waals surface area contributed by atoms with E-state index in [0.717, 1.165) is 48.7 Å². The largest absolute Gasteiger partial charge is 0.383 e. The third kappa shape index (κ3) is 3.47. The van der Waals surface area contributed by atoms with E-state index in [1.54, 1.807) is 6.20 Å². The van der Waals surface area contributed by atoms with Gasteiger partial charge in [-0.3, -0.25) is 4.98 Å². The summed E-state index contributed by atoms with van der Waals surface area (Å²) in [6.45, 7) is 2.83. The van der Waals surface area contributed by atoms with Gasteiger partial charge in [0.15, 0.2) is 0 Å². The zero-order valence-corrected chi connectivity index (χ0v) is 10.2. The van der Waals surface area contributed by atoms with E-state index < -0.39 is 0 Å². The molecule has 1 aromatic heterocycles. The van der Waals surface area contributed by atoms with Crippen LogP contribution in [0.5, 0.6) is 0 Å². The number of halogens is 1. The number of pyridine rings is 1. The lowest BCUT2D eigenvalue weighted by molar-refractivity contribution is 0.0699. The Balaban J connectivity index is 1.81. The van der Waals surface area contributed by atoms with Crippen LogP contribution in [-0.2, 0) is 4.74 Å². The van der Waals surface area contributed by atoms with Crippen molar-refractivity contribution in [3.63, 3.8) is 0 Å². The maximum absolute atomic E-state index is 5.32. The van der Waals surface area contributed by atoms with Gasteiger partial charge in [-0.25, -0.2) is 0 Å². The zero-order chi connectivity index (χ0) is 10.5. The van der Waals surface area contributed by atoms with Gasteiger partial charge >= 0.3 is 0 Å². The monoisotopic (exact) mass is 270 g/mol. The molecule has 0 atom stereocenters. The van der Waals surface area contributed by atoms with Crippen molar-refractivity contribution < 1.29 is 4.74 Å². The minimum Gasteiger partial charge on any atom is -0.383 e. The molecule has 1 aromatic rings. The van der Waals surface area contributed by atoms with Gasteiger partial charge in [0.25, 0.3) is 0 Å². The minimum absolute atomic E-state index is 0.734. The van der Waals surface area contributed by atoms with E-state index in [2.05, 4.69) is 26.2 Å². The highest BCUT2D eigenvalue weighted by Crippen LogP contribution is 2.17. The predicted octanol–water partition coefficient (Wildman–Crippen LogP) is 2.68. The number of nitrogens with zero attached hydrogens (tertiary/aromatic N) is 1. The van der Waals surface area contributed by atoms with Gasteiger partial charge < -0.3 is 10.1 Å². The molecule has 1 aliphatic heterocycles. The molecule has 0 unspecified atom stereocenters. The van der Waals surface area contributed by atoms with Gasteiger partial charge in [-0.2, -0.15) is 0 Å². The Bertz CT molecular complexity index is 313. The summed E-state index contributed by atoms with van der Waals surface area (Å²) in [7, 11) is 0. The molecule has 1 saturated heterocycles. The highest BCUT2D eigenvalue weighted by atomic mass is 79.9. The molecule has 2 rings (SSSR count). The summed E-state index contributed by atoms with van der Waals surface area (Å²) in [4.78, 5) is 4.11. The molecular formula is C11H15BrN2O. The Hall–Kier alpha value is -0.610. The van der Waals surface area contributed by atoms with Crippen molar-refractivity contribution in [3.05, 3.63) is 22.9 Å². The fourth-order valence-corrected chi connectivity index (χ4v) is 2.09. The van der Waals surface area contributed by atoms with Crippen LogP contribution < -0.4 is 5.32 Å². The summed E-state index contributed by atoms with van der Waals surface area (Å²) < 4.78 is 6.34. The molecule has 0 saturated carbocycles. The SMILES string of the molecule is Brc1cncc(NCC2CCOCC2)c1. The molecule has 0 bridgehead atoms. The molecule has 0 spiro atoms. The van der Waals surface area contributed by atoms with Crippen molar-refractivity contribution in [1.82, 2.24) is 4.98 Å². The van der Waals surface area contributed by atoms with Crippen molar-refractivity contribution in [2.24, 2.45) is 5.92 Å². The van der Waals surface area contributed by atoms with Crippen LogP contribution >= 0.6 is 15.9 Å². The first-order chi connectivity index (χ1) is 7.34. The normalized spacial score (nSPS) is 17.7. The topological polar surface area (TPSA) is 34.2 Å². The Kier molecular flexibility index (Phi) is 3.97. The van der Waals surface area contributed by atoms with Gasteiger partial charge in [0.1, 0.15) is 0 Å². The van der Waals surface area contributed by atoms with Gasteiger partial charge in [0.05, 0.1) is 11.9 Å². The van der Waals surface area contributed by atoms with Crippen LogP contribution in [0.25, 0.3) is 0 Å². The average molecular weight is 271 g/mol. The number of aromatic nitrogens is 1. The first kappa shape index (κ1) is 10.9. The molecule has 0 aromatic carbocycles. The molecule has 1 fully saturated rings. The fourth-order valence-electron chi connectivity index (χ4n) is 1.72. The second kappa shape index (κ2) is 5.47. The van der Waals surface area contributed by atoms with Crippen molar-refractivity contribution >= 4 is 21.6 Å². The molecule has 2 heterocycles. The summed E-state index contributed by atoms with van der Waals surface area (Å²) in [6.07, 6.45) is 5.96. The van der Waals surface area contributed by atoms with Crippen LogP contribution in [-0.4, -0.2) is 24.7 Å². The van der Waals surface area contributed by atoms with Gasteiger partial charge in [0.2, 0.25) is 0 Å². The lowest BCUT2D eigenvalue weighted by atomic mass is 10.0. The molecule has 82 valence electrons. The lowest BCUT2D eigenvalue weighted by Gasteiger charge is -2.22. The van der Waals surface area contributed by atoms with Crippen LogP contribution in [0.4, 0.5) is 5.69 Å². The number of rotatable bonds is 3. The van der Waals surface area contributed by atoms with E-state index in [0.29, 0.717) is 0 Å². The van der Waals surface area contributed by atoms with E-state index in [1.165, 1.54) is 0 Å². The van der Waals surface area contributed by atoms with Crippen molar-refractivity contribution in [2.45, 2.75) is 12.8 Å². The molecule has 0 amide bonds. The fraction of sp³-hybridized carbons (Fsp3) is 0.545. The summed E-state index contributed by atoms with van der Waals surface area (Å²) in [5.74, 6) is 0.734. The Morgan fingerprint density at radius 1 is 1.40 bits per heavy atom. The summed E-state index contributed by atoms with van der Waals surface area (Å²) >= 11 is 3.41. The maximum atomic E-state index is 5.32. The number of hydrogen-bond acceptors (Lipinski definition) is 3. The standard InChI is InChI=1S/C11H15BrN2O/c12-10-5-11(8-13-7-10)14-6-9-1-3-15-4-2-9/h5,7-9,14H,1-4,6H2. The second-order valence-corrected chi connectivity index (χ2v) is 4.74. The highest BCUT2D eigenvalue weighted by Gasteiger charge is 2.13. The first-order valence-corrected chi connectivity index (χ1v) is 6.06. The Morgan fingerprint density at radius 2 is 2.20 bits per heavy atom. The van der Waals surface area contributed by atoms with E-state index in [4.69, 9.17) is 4.74 Å². The maximum Gasteiger partial charge on any atom is 0.0538 e. The Labute approximate surface area is 98.4 Å². The van der Waals surface area contributed by atoms with Crippen LogP contribution in [0.15, 0.2) is 22.9 Å². The molecule has 1 aliphatic rings. The van der Waals surface area contributed by atoms with Crippen LogP contribution in [0, 0.1) is 5.92 Å². The van der Waals surface area contributed by atoms with Gasteiger partial charge in [-0.05, 0) is 40.8 Å². The molecule has 1 N–H and O–H groups in total. The van der Waals surface area contributed by atoms with E-state index in [1.807, 2.05) is 12.3 Å². The second-order valence-electron chi connectivity index (χ2n) is 3.83. The van der Waals surface area contributed by atoms with Crippen LogP contribution in [0.3, 0.4) is 0 Å². The summed E-state index contributed by atoms with van der Waals surface area (Å²) in [6, 6.07) is 2.05. The van der Waals surface area contributed by atoms with Crippen molar-refractivity contribution in [1.29, 1.82) is 0 Å². The van der Waals surface area contributed by atoms with E-state index >= 15 is 0 Å². The number of nitrogens with one attached hydrogen (secondary N) is 1. The summed E-state index contributed by atoms with van der Waals surface area (Å²) in [5, 5.41) is 3.41. The minimum atomic E-state index is 0.734. The average Bonchev–Trinajstić information content (AvgIpc) is 2.28. The highest BCUT2D eigenvalue weighted by molar-refractivity contribution is 9.10. The molecular weight excluding hydrogens is 256 g/mol. The predicted molar refractivity (Wildman–Crippen MR) is 64.0 cm³/mol. The van der Waals surface area contributed by atoms with Gasteiger partial charge in [-0.1, -0.05) is 0 Å². The Morgan fingerprint density at radius 3 is 2.93 bits per heavy atom. The lowest BCUT2D eigenvalue weighted by Crippen LogP contribution is -2.22. The molecule has 15 heavy (non-hydrogen) atoms.